The third kappa shape index (κ3) is 3.28. The summed E-state index contributed by atoms with van der Waals surface area (Å²) in [5, 5.41) is 8.87. The van der Waals surface area contributed by atoms with E-state index in [9.17, 15) is 4.79 Å². The SMILES string of the molecule is Cc1ccc2cnn(CCC(=O)Nc3cccc(Cl)c3)c2c1. The smallest absolute Gasteiger partial charge is 0.226 e. The van der Waals surface area contributed by atoms with Crippen molar-refractivity contribution in [1.29, 1.82) is 0 Å². The third-order valence-electron chi connectivity index (χ3n) is 3.46. The second-order valence-corrected chi connectivity index (χ2v) is 5.67. The van der Waals surface area contributed by atoms with Crippen LogP contribution in [0.15, 0.2) is 48.7 Å². The zero-order valence-corrected chi connectivity index (χ0v) is 13.0. The molecule has 0 bridgehead atoms. The van der Waals surface area contributed by atoms with E-state index >= 15 is 0 Å². The summed E-state index contributed by atoms with van der Waals surface area (Å²) in [5.74, 6) is -0.0569. The van der Waals surface area contributed by atoms with Gasteiger partial charge in [0.25, 0.3) is 0 Å². The number of rotatable bonds is 4. The number of anilines is 1. The summed E-state index contributed by atoms with van der Waals surface area (Å²) in [6.45, 7) is 2.59. The number of hydrogen-bond donors (Lipinski definition) is 1. The Kier molecular flexibility index (Phi) is 4.11. The highest BCUT2D eigenvalue weighted by molar-refractivity contribution is 6.30. The molecule has 0 unspecified atom stereocenters. The number of nitrogens with zero attached hydrogens (tertiary/aromatic N) is 2. The monoisotopic (exact) mass is 313 g/mol. The molecular formula is C17H16ClN3O. The lowest BCUT2D eigenvalue weighted by atomic mass is 10.2. The van der Waals surface area contributed by atoms with Crippen molar-refractivity contribution in [2.75, 3.05) is 5.32 Å². The van der Waals surface area contributed by atoms with E-state index in [0.717, 1.165) is 10.9 Å². The summed E-state index contributed by atoms with van der Waals surface area (Å²) in [6, 6.07) is 13.3. The number of carbonyl (C=O) groups excluding carboxylic acids is 1. The second kappa shape index (κ2) is 6.20. The van der Waals surface area contributed by atoms with Crippen LogP contribution in [0, 0.1) is 6.92 Å². The fraction of sp³-hybridized carbons (Fsp3) is 0.176. The first-order valence-electron chi connectivity index (χ1n) is 7.09. The Morgan fingerprint density at radius 2 is 2.14 bits per heavy atom. The van der Waals surface area contributed by atoms with Crippen molar-refractivity contribution in [2.24, 2.45) is 0 Å². The molecule has 3 aromatic rings. The minimum absolute atomic E-state index is 0.0569. The van der Waals surface area contributed by atoms with E-state index in [1.54, 1.807) is 12.1 Å². The van der Waals surface area contributed by atoms with Crippen molar-refractivity contribution in [1.82, 2.24) is 9.78 Å². The predicted octanol–water partition coefficient (Wildman–Crippen LogP) is 4.03. The average molecular weight is 314 g/mol. The molecular weight excluding hydrogens is 298 g/mol. The first-order chi connectivity index (χ1) is 10.6. The van der Waals surface area contributed by atoms with E-state index < -0.39 is 0 Å². The summed E-state index contributed by atoms with van der Waals surface area (Å²) in [4.78, 5) is 12.0. The molecule has 0 aliphatic heterocycles. The highest BCUT2D eigenvalue weighted by Crippen LogP contribution is 2.17. The fourth-order valence-electron chi connectivity index (χ4n) is 2.36. The Hall–Kier alpha value is -2.33. The Bertz CT molecular complexity index is 826. The maximum Gasteiger partial charge on any atom is 0.226 e. The molecule has 112 valence electrons. The van der Waals surface area contributed by atoms with Crippen LogP contribution in [0.3, 0.4) is 0 Å². The van der Waals surface area contributed by atoms with Gasteiger partial charge in [0.05, 0.1) is 18.3 Å². The Morgan fingerprint density at radius 1 is 1.27 bits per heavy atom. The molecule has 2 aromatic carbocycles. The van der Waals surface area contributed by atoms with Gasteiger partial charge in [0.15, 0.2) is 0 Å². The average Bonchev–Trinajstić information content (AvgIpc) is 2.87. The number of carbonyl (C=O) groups is 1. The third-order valence-corrected chi connectivity index (χ3v) is 3.69. The van der Waals surface area contributed by atoms with E-state index in [1.807, 2.05) is 36.0 Å². The first kappa shape index (κ1) is 14.6. The summed E-state index contributed by atoms with van der Waals surface area (Å²) in [6.07, 6.45) is 2.18. The standard InChI is InChI=1S/C17H16ClN3O/c1-12-5-6-13-11-19-21(16(13)9-12)8-7-17(22)20-15-4-2-3-14(18)10-15/h2-6,9-11H,7-8H2,1H3,(H,20,22). The molecule has 4 nitrogen and oxygen atoms in total. The van der Waals surface area contributed by atoms with Crippen molar-refractivity contribution < 1.29 is 4.79 Å². The van der Waals surface area contributed by atoms with Crippen molar-refractivity contribution in [3.8, 4) is 0 Å². The zero-order valence-electron chi connectivity index (χ0n) is 12.2. The molecule has 1 heterocycles. The second-order valence-electron chi connectivity index (χ2n) is 5.24. The molecule has 0 saturated heterocycles. The molecule has 1 amide bonds. The molecule has 0 aliphatic carbocycles. The molecule has 0 atom stereocenters. The number of benzene rings is 2. The lowest BCUT2D eigenvalue weighted by Gasteiger charge is -2.07. The van der Waals surface area contributed by atoms with E-state index in [2.05, 4.69) is 22.5 Å². The quantitative estimate of drug-likeness (QED) is 0.790. The van der Waals surface area contributed by atoms with Gasteiger partial charge in [-0.1, -0.05) is 29.8 Å². The van der Waals surface area contributed by atoms with Crippen molar-refractivity contribution in [3.63, 3.8) is 0 Å². The van der Waals surface area contributed by atoms with Crippen LogP contribution >= 0.6 is 11.6 Å². The van der Waals surface area contributed by atoms with E-state index in [4.69, 9.17) is 11.6 Å². The maximum atomic E-state index is 12.0. The molecule has 0 fully saturated rings. The molecule has 0 aliphatic rings. The summed E-state index contributed by atoms with van der Waals surface area (Å²) >= 11 is 5.90. The van der Waals surface area contributed by atoms with Crippen LogP contribution in [-0.2, 0) is 11.3 Å². The molecule has 0 saturated carbocycles. The molecule has 1 aromatic heterocycles. The highest BCUT2D eigenvalue weighted by Gasteiger charge is 2.07. The first-order valence-corrected chi connectivity index (χ1v) is 7.47. The van der Waals surface area contributed by atoms with Gasteiger partial charge >= 0.3 is 0 Å². The van der Waals surface area contributed by atoms with Gasteiger partial charge in [-0.3, -0.25) is 9.48 Å². The van der Waals surface area contributed by atoms with Crippen molar-refractivity contribution >= 4 is 34.1 Å². The van der Waals surface area contributed by atoms with Gasteiger partial charge in [0.2, 0.25) is 5.91 Å². The van der Waals surface area contributed by atoms with E-state index in [0.29, 0.717) is 23.7 Å². The van der Waals surface area contributed by atoms with Crippen LogP contribution in [0.2, 0.25) is 5.02 Å². The number of nitrogens with one attached hydrogen (secondary N) is 1. The largest absolute Gasteiger partial charge is 0.326 e. The molecule has 0 spiro atoms. The summed E-state index contributed by atoms with van der Waals surface area (Å²) in [7, 11) is 0. The number of hydrogen-bond acceptors (Lipinski definition) is 2. The topological polar surface area (TPSA) is 46.9 Å². The number of aryl methyl sites for hydroxylation is 2. The van der Waals surface area contributed by atoms with Crippen LogP contribution in [0.5, 0.6) is 0 Å². The molecule has 5 heteroatoms. The number of amides is 1. The van der Waals surface area contributed by atoms with Crippen molar-refractivity contribution in [3.05, 3.63) is 59.2 Å². The van der Waals surface area contributed by atoms with Crippen LogP contribution in [0.4, 0.5) is 5.69 Å². The molecule has 22 heavy (non-hydrogen) atoms. The Labute approximate surface area is 133 Å². The van der Waals surface area contributed by atoms with Crippen LogP contribution < -0.4 is 5.32 Å². The number of aromatic nitrogens is 2. The number of halogens is 1. The number of fused-ring (bicyclic) bond motifs is 1. The van der Waals surface area contributed by atoms with Gasteiger partial charge in [-0.2, -0.15) is 5.10 Å². The van der Waals surface area contributed by atoms with Crippen LogP contribution in [-0.4, -0.2) is 15.7 Å². The molecule has 0 radical (unpaired) electrons. The fourth-order valence-corrected chi connectivity index (χ4v) is 2.55. The summed E-state index contributed by atoms with van der Waals surface area (Å²) < 4.78 is 1.86. The van der Waals surface area contributed by atoms with Gasteiger partial charge in [-0.05, 0) is 36.8 Å². The maximum absolute atomic E-state index is 12.0. The predicted molar refractivity (Wildman–Crippen MR) is 89.2 cm³/mol. The van der Waals surface area contributed by atoms with Gasteiger partial charge < -0.3 is 5.32 Å². The lowest BCUT2D eigenvalue weighted by molar-refractivity contribution is -0.116. The van der Waals surface area contributed by atoms with Crippen molar-refractivity contribution in [2.45, 2.75) is 19.9 Å². The van der Waals surface area contributed by atoms with E-state index in [-0.39, 0.29) is 5.91 Å². The van der Waals surface area contributed by atoms with Gasteiger partial charge in [-0.15, -0.1) is 0 Å². The zero-order chi connectivity index (χ0) is 15.5. The minimum Gasteiger partial charge on any atom is -0.326 e. The van der Waals surface area contributed by atoms with Gasteiger partial charge in [-0.25, -0.2) is 0 Å². The van der Waals surface area contributed by atoms with E-state index in [1.165, 1.54) is 5.56 Å². The lowest BCUT2D eigenvalue weighted by Crippen LogP contribution is -2.14. The molecule has 1 N–H and O–H groups in total. The molecule has 3 rings (SSSR count). The minimum atomic E-state index is -0.0569. The Balaban J connectivity index is 1.66. The summed E-state index contributed by atoms with van der Waals surface area (Å²) in [5.41, 5.74) is 2.94. The van der Waals surface area contributed by atoms with Crippen LogP contribution in [0.25, 0.3) is 10.9 Å². The normalized spacial score (nSPS) is 10.8. The van der Waals surface area contributed by atoms with Gasteiger partial charge in [0, 0.05) is 22.5 Å². The highest BCUT2D eigenvalue weighted by atomic mass is 35.5. The Morgan fingerprint density at radius 3 is 2.95 bits per heavy atom. The van der Waals surface area contributed by atoms with Gasteiger partial charge in [0.1, 0.15) is 0 Å². The van der Waals surface area contributed by atoms with Crippen LogP contribution in [0.1, 0.15) is 12.0 Å².